The van der Waals surface area contributed by atoms with Crippen LogP contribution in [0.5, 0.6) is 0 Å². The molecule has 0 aromatic heterocycles. The van der Waals surface area contributed by atoms with Gasteiger partial charge in [-0.3, -0.25) is 4.57 Å². The molecular formula is C14H25O3P. The lowest BCUT2D eigenvalue weighted by molar-refractivity contribution is 0.330. The van der Waals surface area contributed by atoms with E-state index in [-0.39, 0.29) is 0 Å². The maximum absolute atomic E-state index is 11.7. The van der Waals surface area contributed by atoms with Crippen LogP contribution in [0.1, 0.15) is 58.3 Å². The maximum Gasteiger partial charge on any atom is 0.335 e. The molecule has 0 amide bonds. The minimum Gasteiger partial charge on any atom is -0.324 e. The van der Waals surface area contributed by atoms with Gasteiger partial charge in [0.2, 0.25) is 0 Å². The number of hydrogen-bond acceptors (Lipinski definition) is 1. The summed E-state index contributed by atoms with van der Waals surface area (Å²) in [5.74, 6) is 0. The van der Waals surface area contributed by atoms with Gasteiger partial charge in [-0.15, -0.1) is 0 Å². The Morgan fingerprint density at radius 1 is 1.11 bits per heavy atom. The van der Waals surface area contributed by atoms with Gasteiger partial charge in [-0.1, -0.05) is 69.8 Å². The molecule has 1 rings (SSSR count). The quantitative estimate of drug-likeness (QED) is 0.515. The van der Waals surface area contributed by atoms with Crippen molar-refractivity contribution in [1.82, 2.24) is 0 Å². The Morgan fingerprint density at radius 2 is 1.78 bits per heavy atom. The highest BCUT2D eigenvalue weighted by atomic mass is 31.2. The van der Waals surface area contributed by atoms with Crippen LogP contribution in [0, 0.1) is 0 Å². The largest absolute Gasteiger partial charge is 0.335 e. The molecular weight excluding hydrogens is 247 g/mol. The van der Waals surface area contributed by atoms with Gasteiger partial charge >= 0.3 is 7.60 Å². The SMILES string of the molecule is CCCCCCCCC1(P(=O)(O)O)C=CC=CC1. The lowest BCUT2D eigenvalue weighted by Gasteiger charge is -2.31. The second-order valence-corrected chi connectivity index (χ2v) is 7.14. The van der Waals surface area contributed by atoms with Crippen LogP contribution >= 0.6 is 7.60 Å². The third kappa shape index (κ3) is 4.38. The van der Waals surface area contributed by atoms with Crippen molar-refractivity contribution < 1.29 is 14.4 Å². The summed E-state index contributed by atoms with van der Waals surface area (Å²) in [5.41, 5.74) is 0. The molecule has 1 aliphatic rings. The van der Waals surface area contributed by atoms with E-state index in [9.17, 15) is 14.4 Å². The van der Waals surface area contributed by atoms with Gasteiger partial charge in [0, 0.05) is 0 Å². The number of hydrogen-bond donors (Lipinski definition) is 2. The summed E-state index contributed by atoms with van der Waals surface area (Å²) in [6.07, 6.45) is 15.1. The van der Waals surface area contributed by atoms with Gasteiger partial charge in [-0.2, -0.15) is 0 Å². The van der Waals surface area contributed by atoms with Crippen LogP contribution in [-0.2, 0) is 4.57 Å². The minimum absolute atomic E-state index is 0.461. The normalized spacial score (nSPS) is 23.5. The summed E-state index contributed by atoms with van der Waals surface area (Å²) in [5, 5.41) is -0.938. The summed E-state index contributed by atoms with van der Waals surface area (Å²) < 4.78 is 11.7. The van der Waals surface area contributed by atoms with Crippen LogP contribution in [0.25, 0.3) is 0 Å². The minimum atomic E-state index is -4.07. The standard InChI is InChI=1S/C14H25O3P/c1-2-3-4-5-6-8-11-14(18(15,16)17)12-9-7-10-13-14/h7,9-10,12H,2-6,8,11,13H2,1H3,(H2,15,16,17). The average molecular weight is 272 g/mol. The molecule has 3 nitrogen and oxygen atoms in total. The Morgan fingerprint density at radius 3 is 2.33 bits per heavy atom. The van der Waals surface area contributed by atoms with E-state index in [1.807, 2.05) is 12.2 Å². The van der Waals surface area contributed by atoms with Crippen LogP contribution in [-0.4, -0.2) is 14.9 Å². The Kier molecular flexibility index (Phi) is 6.34. The third-order valence-electron chi connectivity index (χ3n) is 3.67. The van der Waals surface area contributed by atoms with Gasteiger partial charge in [-0.25, -0.2) is 0 Å². The predicted octanol–water partition coefficient (Wildman–Crippen LogP) is 4.17. The van der Waals surface area contributed by atoms with Gasteiger partial charge < -0.3 is 9.79 Å². The van der Waals surface area contributed by atoms with E-state index in [4.69, 9.17) is 0 Å². The van der Waals surface area contributed by atoms with Crippen molar-refractivity contribution in [3.8, 4) is 0 Å². The summed E-state index contributed by atoms with van der Waals surface area (Å²) in [7, 11) is -4.07. The molecule has 0 bridgehead atoms. The van der Waals surface area contributed by atoms with Gasteiger partial charge in [0.25, 0.3) is 0 Å². The van der Waals surface area contributed by atoms with E-state index in [1.54, 1.807) is 12.2 Å². The van der Waals surface area contributed by atoms with Crippen LogP contribution in [0.3, 0.4) is 0 Å². The topological polar surface area (TPSA) is 57.5 Å². The van der Waals surface area contributed by atoms with E-state index >= 15 is 0 Å². The van der Waals surface area contributed by atoms with Crippen LogP contribution in [0.15, 0.2) is 24.3 Å². The van der Waals surface area contributed by atoms with Crippen molar-refractivity contribution in [2.24, 2.45) is 0 Å². The van der Waals surface area contributed by atoms with E-state index < -0.39 is 12.8 Å². The summed E-state index contributed by atoms with van der Waals surface area (Å²) >= 11 is 0. The monoisotopic (exact) mass is 272 g/mol. The first-order valence-electron chi connectivity index (χ1n) is 6.92. The van der Waals surface area contributed by atoms with Crippen molar-refractivity contribution in [3.05, 3.63) is 24.3 Å². The molecule has 0 fully saturated rings. The van der Waals surface area contributed by atoms with Crippen LogP contribution < -0.4 is 0 Å². The Hall–Kier alpha value is -0.370. The summed E-state index contributed by atoms with van der Waals surface area (Å²) in [4.78, 5) is 19.1. The van der Waals surface area contributed by atoms with Crippen LogP contribution in [0.4, 0.5) is 0 Å². The van der Waals surface area contributed by atoms with E-state index in [2.05, 4.69) is 6.92 Å². The molecule has 1 atom stereocenters. The second-order valence-electron chi connectivity index (χ2n) is 5.16. The van der Waals surface area contributed by atoms with Crippen molar-refractivity contribution >= 4 is 7.60 Å². The van der Waals surface area contributed by atoms with E-state index in [0.717, 1.165) is 12.8 Å². The molecule has 0 radical (unpaired) electrons. The van der Waals surface area contributed by atoms with Gasteiger partial charge in [0.05, 0.1) is 5.16 Å². The molecule has 0 saturated heterocycles. The van der Waals surface area contributed by atoms with E-state index in [0.29, 0.717) is 12.8 Å². The van der Waals surface area contributed by atoms with Gasteiger partial charge in [0.15, 0.2) is 0 Å². The summed E-state index contributed by atoms with van der Waals surface area (Å²) in [6, 6.07) is 0. The van der Waals surface area contributed by atoms with Crippen molar-refractivity contribution in [2.75, 3.05) is 0 Å². The first kappa shape index (κ1) is 15.7. The zero-order valence-corrected chi connectivity index (χ0v) is 12.1. The van der Waals surface area contributed by atoms with Gasteiger partial charge in [-0.05, 0) is 12.8 Å². The molecule has 0 heterocycles. The first-order valence-corrected chi connectivity index (χ1v) is 8.53. The molecule has 104 valence electrons. The highest BCUT2D eigenvalue weighted by Crippen LogP contribution is 2.57. The Bertz CT molecular complexity index is 343. The fourth-order valence-electron chi connectivity index (χ4n) is 2.41. The van der Waals surface area contributed by atoms with Crippen molar-refractivity contribution in [1.29, 1.82) is 0 Å². The van der Waals surface area contributed by atoms with E-state index in [1.165, 1.54) is 25.7 Å². The third-order valence-corrected chi connectivity index (χ3v) is 5.38. The molecule has 2 N–H and O–H groups in total. The highest BCUT2D eigenvalue weighted by molar-refractivity contribution is 7.53. The van der Waals surface area contributed by atoms with Crippen LogP contribution in [0.2, 0.25) is 0 Å². The first-order chi connectivity index (χ1) is 8.52. The molecule has 1 aliphatic carbocycles. The molecule has 1 unspecified atom stereocenters. The lowest BCUT2D eigenvalue weighted by Crippen LogP contribution is -2.26. The maximum atomic E-state index is 11.7. The predicted molar refractivity (Wildman–Crippen MR) is 75.7 cm³/mol. The fourth-order valence-corrected chi connectivity index (χ4v) is 3.48. The Labute approximate surface area is 110 Å². The summed E-state index contributed by atoms with van der Waals surface area (Å²) in [6.45, 7) is 2.18. The zero-order chi connectivity index (χ0) is 13.5. The zero-order valence-electron chi connectivity index (χ0n) is 11.2. The molecule has 0 aromatic rings. The van der Waals surface area contributed by atoms with Crippen molar-refractivity contribution in [3.63, 3.8) is 0 Å². The highest BCUT2D eigenvalue weighted by Gasteiger charge is 2.43. The Balaban J connectivity index is 2.42. The molecule has 0 aliphatic heterocycles. The smallest absolute Gasteiger partial charge is 0.324 e. The van der Waals surface area contributed by atoms with Gasteiger partial charge in [0.1, 0.15) is 0 Å². The fraction of sp³-hybridized carbons (Fsp3) is 0.714. The molecule has 0 aromatic carbocycles. The number of allylic oxidation sites excluding steroid dienone is 4. The van der Waals surface area contributed by atoms with Crippen molar-refractivity contribution in [2.45, 2.75) is 63.4 Å². The second kappa shape index (κ2) is 7.28. The molecule has 0 saturated carbocycles. The number of unbranched alkanes of at least 4 members (excludes halogenated alkanes) is 5. The number of rotatable bonds is 8. The molecule has 0 spiro atoms. The average Bonchev–Trinajstić information content (AvgIpc) is 2.33. The molecule has 4 heteroatoms. The molecule has 18 heavy (non-hydrogen) atoms. The lowest BCUT2D eigenvalue weighted by atomic mass is 9.93.